The molecule has 0 aliphatic rings. The largest absolute Gasteiger partial charge is 0.497 e. The summed E-state index contributed by atoms with van der Waals surface area (Å²) in [6.45, 7) is 0.845. The lowest BCUT2D eigenvalue weighted by atomic mass is 10.2. The number of hydrogen-bond donors (Lipinski definition) is 1. The van der Waals surface area contributed by atoms with Gasteiger partial charge in [0, 0.05) is 30.7 Å². The number of benzene rings is 2. The van der Waals surface area contributed by atoms with Gasteiger partial charge in [-0.1, -0.05) is 23.7 Å². The lowest BCUT2D eigenvalue weighted by Crippen LogP contribution is -2.36. The zero-order valence-corrected chi connectivity index (χ0v) is 14.8. The van der Waals surface area contributed by atoms with Gasteiger partial charge in [-0.05, 0) is 35.9 Å². The molecule has 2 amide bonds. The summed E-state index contributed by atoms with van der Waals surface area (Å²) in [6.07, 6.45) is 0. The molecule has 0 atom stereocenters. The highest BCUT2D eigenvalue weighted by atomic mass is 35.5. The Morgan fingerprint density at radius 3 is 2.46 bits per heavy atom. The molecule has 0 bridgehead atoms. The number of nitrogens with one attached hydrogen (secondary N) is 1. The number of urea groups is 1. The average Bonchev–Trinajstić information content (AvgIpc) is 2.60. The number of methoxy groups -OCH3 is 2. The van der Waals surface area contributed by atoms with E-state index in [1.165, 1.54) is 0 Å². The van der Waals surface area contributed by atoms with Gasteiger partial charge in [0.15, 0.2) is 0 Å². The van der Waals surface area contributed by atoms with Crippen molar-refractivity contribution >= 4 is 17.6 Å². The number of halogens is 1. The Kier molecular flexibility index (Phi) is 6.32. The van der Waals surface area contributed by atoms with Crippen LogP contribution in [-0.2, 0) is 13.1 Å². The minimum atomic E-state index is -0.173. The summed E-state index contributed by atoms with van der Waals surface area (Å²) in [5, 5.41) is 3.47. The molecule has 0 saturated carbocycles. The lowest BCUT2D eigenvalue weighted by Gasteiger charge is -2.19. The van der Waals surface area contributed by atoms with Crippen molar-refractivity contribution in [3.05, 3.63) is 58.6 Å². The third kappa shape index (κ3) is 4.80. The monoisotopic (exact) mass is 348 g/mol. The molecule has 0 spiro atoms. The molecule has 2 aromatic rings. The molecule has 0 aliphatic carbocycles. The molecule has 0 saturated heterocycles. The highest BCUT2D eigenvalue weighted by Crippen LogP contribution is 2.22. The second kappa shape index (κ2) is 8.45. The van der Waals surface area contributed by atoms with Gasteiger partial charge < -0.3 is 19.7 Å². The number of carbonyl (C=O) groups excluding carboxylic acids is 1. The maximum absolute atomic E-state index is 12.2. The van der Waals surface area contributed by atoms with E-state index in [9.17, 15) is 4.79 Å². The molecule has 6 heteroatoms. The molecular formula is C18H21ClN2O3. The van der Waals surface area contributed by atoms with E-state index in [1.54, 1.807) is 44.4 Å². The number of nitrogens with zero attached hydrogens (tertiary/aromatic N) is 1. The molecule has 128 valence electrons. The smallest absolute Gasteiger partial charge is 0.317 e. The molecule has 0 unspecified atom stereocenters. The predicted molar refractivity (Wildman–Crippen MR) is 94.7 cm³/mol. The molecule has 2 aromatic carbocycles. The van der Waals surface area contributed by atoms with Crippen LogP contribution in [0.2, 0.25) is 5.02 Å². The molecule has 5 nitrogen and oxygen atoms in total. The summed E-state index contributed by atoms with van der Waals surface area (Å²) in [5.41, 5.74) is 1.85. The standard InChI is InChI=1S/C18H21ClN2O3/c1-21(12-13-4-7-16(23-2)8-5-13)18(22)20-11-14-10-15(19)6-9-17(14)24-3/h4-10H,11-12H2,1-3H3,(H,20,22). The first-order chi connectivity index (χ1) is 11.5. The van der Waals surface area contributed by atoms with E-state index in [0.29, 0.717) is 23.9 Å². The Bertz CT molecular complexity index is 689. The Morgan fingerprint density at radius 1 is 1.12 bits per heavy atom. The van der Waals surface area contributed by atoms with Crippen molar-refractivity contribution in [3.8, 4) is 11.5 Å². The van der Waals surface area contributed by atoms with Gasteiger partial charge in [0.25, 0.3) is 0 Å². The Labute approximate surface area is 147 Å². The second-order valence-electron chi connectivity index (χ2n) is 5.32. The zero-order valence-electron chi connectivity index (χ0n) is 14.0. The number of hydrogen-bond acceptors (Lipinski definition) is 3. The van der Waals surface area contributed by atoms with E-state index < -0.39 is 0 Å². The van der Waals surface area contributed by atoms with Gasteiger partial charge in [-0.3, -0.25) is 0 Å². The first-order valence-corrected chi connectivity index (χ1v) is 7.85. The molecular weight excluding hydrogens is 328 g/mol. The Hall–Kier alpha value is -2.40. The zero-order chi connectivity index (χ0) is 17.5. The topological polar surface area (TPSA) is 50.8 Å². The van der Waals surface area contributed by atoms with Crippen LogP contribution in [-0.4, -0.2) is 32.2 Å². The maximum Gasteiger partial charge on any atom is 0.317 e. The van der Waals surface area contributed by atoms with Crippen LogP contribution >= 0.6 is 11.6 Å². The molecule has 1 N–H and O–H groups in total. The predicted octanol–water partition coefficient (Wildman–Crippen LogP) is 3.70. The van der Waals surface area contributed by atoms with Crippen molar-refractivity contribution in [1.82, 2.24) is 10.2 Å². The summed E-state index contributed by atoms with van der Waals surface area (Å²) in [5.74, 6) is 1.48. The summed E-state index contributed by atoms with van der Waals surface area (Å²) < 4.78 is 10.4. The highest BCUT2D eigenvalue weighted by Gasteiger charge is 2.11. The van der Waals surface area contributed by atoms with Crippen LogP contribution in [0.1, 0.15) is 11.1 Å². The molecule has 0 aliphatic heterocycles. The van der Waals surface area contributed by atoms with Crippen molar-refractivity contribution in [2.75, 3.05) is 21.3 Å². The van der Waals surface area contributed by atoms with E-state index >= 15 is 0 Å². The first-order valence-electron chi connectivity index (χ1n) is 7.47. The number of rotatable bonds is 6. The van der Waals surface area contributed by atoms with Crippen LogP contribution in [0.5, 0.6) is 11.5 Å². The Morgan fingerprint density at radius 2 is 1.83 bits per heavy atom. The van der Waals surface area contributed by atoms with Crippen LogP contribution in [0, 0.1) is 0 Å². The quantitative estimate of drug-likeness (QED) is 0.866. The van der Waals surface area contributed by atoms with Crippen LogP contribution in [0.4, 0.5) is 4.79 Å². The average molecular weight is 349 g/mol. The fourth-order valence-corrected chi connectivity index (χ4v) is 2.46. The first kappa shape index (κ1) is 17.9. The van der Waals surface area contributed by atoms with Gasteiger partial charge in [-0.2, -0.15) is 0 Å². The SMILES string of the molecule is COc1ccc(CN(C)C(=O)NCc2cc(Cl)ccc2OC)cc1. The van der Waals surface area contributed by atoms with Crippen molar-refractivity contribution in [2.24, 2.45) is 0 Å². The number of carbonyl (C=O) groups is 1. The van der Waals surface area contributed by atoms with Crippen LogP contribution in [0.15, 0.2) is 42.5 Å². The van der Waals surface area contributed by atoms with Gasteiger partial charge in [-0.25, -0.2) is 4.79 Å². The minimum absolute atomic E-state index is 0.173. The van der Waals surface area contributed by atoms with Gasteiger partial charge in [-0.15, -0.1) is 0 Å². The normalized spacial score (nSPS) is 10.2. The van der Waals surface area contributed by atoms with E-state index in [4.69, 9.17) is 21.1 Å². The fourth-order valence-electron chi connectivity index (χ4n) is 2.27. The summed E-state index contributed by atoms with van der Waals surface area (Å²) in [6, 6.07) is 12.8. The third-order valence-corrected chi connectivity index (χ3v) is 3.83. The van der Waals surface area contributed by atoms with E-state index in [0.717, 1.165) is 16.9 Å². The van der Waals surface area contributed by atoms with E-state index in [1.807, 2.05) is 24.3 Å². The van der Waals surface area contributed by atoms with Crippen LogP contribution in [0.25, 0.3) is 0 Å². The van der Waals surface area contributed by atoms with Crippen molar-refractivity contribution in [2.45, 2.75) is 13.1 Å². The summed E-state index contributed by atoms with van der Waals surface area (Å²) in [7, 11) is 4.96. The van der Waals surface area contributed by atoms with Gasteiger partial charge >= 0.3 is 6.03 Å². The van der Waals surface area contributed by atoms with Gasteiger partial charge in [0.05, 0.1) is 14.2 Å². The van der Waals surface area contributed by atoms with Crippen molar-refractivity contribution < 1.29 is 14.3 Å². The third-order valence-electron chi connectivity index (χ3n) is 3.60. The molecule has 0 aromatic heterocycles. The molecule has 0 radical (unpaired) electrons. The minimum Gasteiger partial charge on any atom is -0.497 e. The molecule has 2 rings (SSSR count). The summed E-state index contributed by atoms with van der Waals surface area (Å²) >= 11 is 5.99. The van der Waals surface area contributed by atoms with Crippen molar-refractivity contribution in [1.29, 1.82) is 0 Å². The fraction of sp³-hybridized carbons (Fsp3) is 0.278. The van der Waals surface area contributed by atoms with Crippen molar-refractivity contribution in [3.63, 3.8) is 0 Å². The second-order valence-corrected chi connectivity index (χ2v) is 5.76. The van der Waals surface area contributed by atoms with Crippen LogP contribution in [0.3, 0.4) is 0 Å². The number of ether oxygens (including phenoxy) is 2. The molecule has 0 fully saturated rings. The molecule has 24 heavy (non-hydrogen) atoms. The van der Waals surface area contributed by atoms with E-state index in [2.05, 4.69) is 5.32 Å². The van der Waals surface area contributed by atoms with Gasteiger partial charge in [0.2, 0.25) is 0 Å². The van der Waals surface area contributed by atoms with Gasteiger partial charge in [0.1, 0.15) is 11.5 Å². The maximum atomic E-state index is 12.2. The lowest BCUT2D eigenvalue weighted by molar-refractivity contribution is 0.206. The van der Waals surface area contributed by atoms with Crippen LogP contribution < -0.4 is 14.8 Å². The number of amides is 2. The highest BCUT2D eigenvalue weighted by molar-refractivity contribution is 6.30. The molecule has 0 heterocycles. The Balaban J connectivity index is 1.92. The van der Waals surface area contributed by atoms with E-state index in [-0.39, 0.29) is 6.03 Å². The summed E-state index contributed by atoms with van der Waals surface area (Å²) in [4.78, 5) is 13.9.